The summed E-state index contributed by atoms with van der Waals surface area (Å²) in [6, 6.07) is 11.7. The highest BCUT2D eigenvalue weighted by Gasteiger charge is 2.29. The molecule has 2 aromatic carbocycles. The van der Waals surface area contributed by atoms with Gasteiger partial charge < -0.3 is 10.2 Å². The van der Waals surface area contributed by atoms with Crippen molar-refractivity contribution in [3.05, 3.63) is 63.6 Å². The Hall–Kier alpha value is -2.29. The molecule has 0 saturated heterocycles. The highest BCUT2D eigenvalue weighted by atomic mass is 35.5. The molecule has 0 bridgehead atoms. The van der Waals surface area contributed by atoms with Crippen LogP contribution in [0.25, 0.3) is 0 Å². The normalized spacial score (nSPS) is 12.2. The average molecular weight is 557 g/mol. The molecule has 1 atom stereocenters. The lowest BCUT2D eigenvalue weighted by atomic mass is 10.1. The quantitative estimate of drug-likeness (QED) is 0.368. The second-order valence-electron chi connectivity index (χ2n) is 8.70. The van der Waals surface area contributed by atoms with E-state index in [1.165, 1.54) is 12.1 Å². The van der Waals surface area contributed by atoms with Crippen LogP contribution < -0.4 is 9.62 Å². The molecule has 0 spiro atoms. The van der Waals surface area contributed by atoms with Gasteiger partial charge in [-0.2, -0.15) is 0 Å². The van der Waals surface area contributed by atoms with Crippen LogP contribution in [0, 0.1) is 6.92 Å². The van der Waals surface area contributed by atoms with Crippen LogP contribution in [0.4, 0.5) is 5.69 Å². The van der Waals surface area contributed by atoms with E-state index in [9.17, 15) is 18.0 Å². The number of hydrogen-bond donors (Lipinski definition) is 1. The van der Waals surface area contributed by atoms with Crippen LogP contribution >= 0.6 is 23.2 Å². The molecule has 36 heavy (non-hydrogen) atoms. The Labute approximate surface area is 224 Å². The monoisotopic (exact) mass is 555 g/mol. The predicted molar refractivity (Wildman–Crippen MR) is 147 cm³/mol. The second-order valence-corrected chi connectivity index (χ2v) is 11.4. The third kappa shape index (κ3) is 8.39. The summed E-state index contributed by atoms with van der Waals surface area (Å²) in [5.74, 6) is -0.410. The first-order valence-corrected chi connectivity index (χ1v) is 14.6. The molecule has 198 valence electrons. The van der Waals surface area contributed by atoms with E-state index in [0.29, 0.717) is 24.5 Å². The summed E-state index contributed by atoms with van der Waals surface area (Å²) < 4.78 is 26.2. The van der Waals surface area contributed by atoms with E-state index in [4.69, 9.17) is 23.2 Å². The molecule has 0 saturated carbocycles. The lowest BCUT2D eigenvalue weighted by Crippen LogP contribution is -2.49. The summed E-state index contributed by atoms with van der Waals surface area (Å²) in [7, 11) is -3.67. The van der Waals surface area contributed by atoms with E-state index >= 15 is 0 Å². The number of benzene rings is 2. The van der Waals surface area contributed by atoms with Gasteiger partial charge in [-0.25, -0.2) is 8.42 Å². The molecular formula is C26H35Cl2N3O4S. The van der Waals surface area contributed by atoms with Crippen molar-refractivity contribution in [2.45, 2.75) is 59.0 Å². The van der Waals surface area contributed by atoms with Crippen LogP contribution in [0.3, 0.4) is 0 Å². The van der Waals surface area contributed by atoms with Crippen LogP contribution in [0.15, 0.2) is 42.5 Å². The number of anilines is 1. The van der Waals surface area contributed by atoms with Gasteiger partial charge in [0.25, 0.3) is 0 Å². The zero-order valence-electron chi connectivity index (χ0n) is 21.3. The van der Waals surface area contributed by atoms with Crippen LogP contribution in [0.2, 0.25) is 10.0 Å². The zero-order valence-corrected chi connectivity index (χ0v) is 23.6. The molecule has 0 radical (unpaired) electrons. The molecule has 0 aliphatic rings. The van der Waals surface area contributed by atoms with Crippen molar-refractivity contribution in [3.8, 4) is 0 Å². The second kappa shape index (κ2) is 13.9. The third-order valence-corrected chi connectivity index (χ3v) is 7.60. The van der Waals surface area contributed by atoms with Gasteiger partial charge in [0, 0.05) is 31.1 Å². The Bertz CT molecular complexity index is 1160. The molecule has 2 amide bonds. The molecule has 0 unspecified atom stereocenters. The summed E-state index contributed by atoms with van der Waals surface area (Å²) in [6.07, 6.45) is 2.64. The van der Waals surface area contributed by atoms with Gasteiger partial charge in [0.2, 0.25) is 21.8 Å². The smallest absolute Gasteiger partial charge is 0.242 e. The number of carbonyl (C=O) groups is 2. The van der Waals surface area contributed by atoms with Crippen molar-refractivity contribution in [1.82, 2.24) is 10.2 Å². The number of nitrogens with zero attached hydrogens (tertiary/aromatic N) is 2. The molecule has 2 rings (SSSR count). The number of amides is 2. The first-order valence-electron chi connectivity index (χ1n) is 12.0. The highest BCUT2D eigenvalue weighted by molar-refractivity contribution is 7.92. The number of hydrogen-bond acceptors (Lipinski definition) is 4. The lowest BCUT2D eigenvalue weighted by Gasteiger charge is -2.31. The number of halogens is 2. The van der Waals surface area contributed by atoms with Crippen LogP contribution in [0.5, 0.6) is 0 Å². The Kier molecular flexibility index (Phi) is 11.5. The van der Waals surface area contributed by atoms with E-state index in [0.717, 1.165) is 28.1 Å². The predicted octanol–water partition coefficient (Wildman–Crippen LogP) is 5.18. The van der Waals surface area contributed by atoms with Gasteiger partial charge in [-0.1, -0.05) is 61.3 Å². The first kappa shape index (κ1) is 29.9. The van der Waals surface area contributed by atoms with Crippen molar-refractivity contribution in [2.75, 3.05) is 23.7 Å². The SMILES string of the molecule is CCCNC(=O)[C@@H](CC)N(Cc1ccccc1C)C(=O)CCCN(c1cc(Cl)ccc1Cl)S(C)(=O)=O. The molecule has 10 heteroatoms. The molecule has 0 fully saturated rings. The molecule has 0 aliphatic heterocycles. The Morgan fingerprint density at radius 3 is 2.39 bits per heavy atom. The van der Waals surface area contributed by atoms with Gasteiger partial charge in [0.1, 0.15) is 6.04 Å². The summed E-state index contributed by atoms with van der Waals surface area (Å²) in [6.45, 7) is 6.68. The molecule has 7 nitrogen and oxygen atoms in total. The number of nitrogens with one attached hydrogen (secondary N) is 1. The van der Waals surface area contributed by atoms with Crippen LogP contribution in [0.1, 0.15) is 50.7 Å². The van der Waals surface area contributed by atoms with Gasteiger partial charge in [-0.3, -0.25) is 13.9 Å². The number of carbonyl (C=O) groups excluding carboxylic acids is 2. The topological polar surface area (TPSA) is 86.8 Å². The minimum atomic E-state index is -3.67. The Morgan fingerprint density at radius 1 is 1.08 bits per heavy atom. The molecule has 0 aromatic heterocycles. The number of aryl methyl sites for hydroxylation is 1. The Balaban J connectivity index is 2.25. The average Bonchev–Trinajstić information content (AvgIpc) is 2.82. The lowest BCUT2D eigenvalue weighted by molar-refractivity contribution is -0.141. The van der Waals surface area contributed by atoms with E-state index < -0.39 is 16.1 Å². The van der Waals surface area contributed by atoms with E-state index in [-0.39, 0.29) is 41.9 Å². The minimum Gasteiger partial charge on any atom is -0.354 e. The minimum absolute atomic E-state index is 0.0433. The molecule has 0 heterocycles. The van der Waals surface area contributed by atoms with Crippen molar-refractivity contribution >= 4 is 50.7 Å². The largest absolute Gasteiger partial charge is 0.354 e. The maximum atomic E-state index is 13.5. The van der Waals surface area contributed by atoms with Crippen molar-refractivity contribution in [1.29, 1.82) is 0 Å². The third-order valence-electron chi connectivity index (χ3n) is 5.87. The fourth-order valence-electron chi connectivity index (χ4n) is 3.92. The van der Waals surface area contributed by atoms with E-state index in [2.05, 4.69) is 5.32 Å². The van der Waals surface area contributed by atoms with Crippen molar-refractivity contribution in [2.24, 2.45) is 0 Å². The van der Waals surface area contributed by atoms with E-state index in [1.54, 1.807) is 11.0 Å². The van der Waals surface area contributed by atoms with Crippen molar-refractivity contribution in [3.63, 3.8) is 0 Å². The van der Waals surface area contributed by atoms with Gasteiger partial charge >= 0.3 is 0 Å². The fourth-order valence-corrected chi connectivity index (χ4v) is 5.32. The van der Waals surface area contributed by atoms with Gasteiger partial charge in [-0.15, -0.1) is 0 Å². The van der Waals surface area contributed by atoms with Crippen LogP contribution in [-0.2, 0) is 26.2 Å². The number of rotatable bonds is 13. The summed E-state index contributed by atoms with van der Waals surface area (Å²) >= 11 is 12.3. The molecule has 1 N–H and O–H groups in total. The molecular weight excluding hydrogens is 521 g/mol. The van der Waals surface area contributed by atoms with Crippen molar-refractivity contribution < 1.29 is 18.0 Å². The summed E-state index contributed by atoms with van der Waals surface area (Å²) in [5, 5.41) is 3.50. The van der Waals surface area contributed by atoms with Crippen LogP contribution in [-0.4, -0.2) is 50.5 Å². The van der Waals surface area contributed by atoms with Gasteiger partial charge in [0.05, 0.1) is 17.0 Å². The maximum absolute atomic E-state index is 13.5. The Morgan fingerprint density at radius 2 is 1.78 bits per heavy atom. The van der Waals surface area contributed by atoms with Gasteiger partial charge in [0.15, 0.2) is 0 Å². The molecule has 2 aromatic rings. The summed E-state index contributed by atoms with van der Waals surface area (Å²) in [4.78, 5) is 28.0. The number of sulfonamides is 1. The fraction of sp³-hybridized carbons (Fsp3) is 0.462. The van der Waals surface area contributed by atoms with Gasteiger partial charge in [-0.05, 0) is 55.5 Å². The zero-order chi connectivity index (χ0) is 26.9. The maximum Gasteiger partial charge on any atom is 0.242 e. The summed E-state index contributed by atoms with van der Waals surface area (Å²) in [5.41, 5.74) is 2.25. The molecule has 0 aliphatic carbocycles. The van der Waals surface area contributed by atoms with E-state index in [1.807, 2.05) is 45.0 Å². The standard InChI is InChI=1S/C26H35Cl2N3O4S/c1-5-15-29-26(33)23(6-2)30(18-20-11-8-7-10-19(20)3)25(32)12-9-16-31(36(4,34)35)24-17-21(27)13-14-22(24)28/h7-8,10-11,13-14,17,23H,5-6,9,12,15-16,18H2,1-4H3,(H,29,33)/t23-/m1/s1. The highest BCUT2D eigenvalue weighted by Crippen LogP contribution is 2.31. The first-order chi connectivity index (χ1) is 17.0.